The molecule has 0 saturated carbocycles. The predicted octanol–water partition coefficient (Wildman–Crippen LogP) is -0.666. The standard InChI is InChI=1S/C3H2O3/c4-1-2(5)3(1)6/h4-5H. The van der Waals surface area contributed by atoms with Gasteiger partial charge in [0.25, 0.3) is 5.43 Å². The van der Waals surface area contributed by atoms with Crippen molar-refractivity contribution in [2.24, 2.45) is 0 Å². The molecule has 0 aliphatic rings. The molecule has 0 spiro atoms. The molecule has 6 heavy (non-hydrogen) atoms. The van der Waals surface area contributed by atoms with Crippen LogP contribution in [0.1, 0.15) is 0 Å². The fourth-order valence-electron chi connectivity index (χ4n) is 0.152. The first kappa shape index (κ1) is 3.21. The number of aromatic hydroxyl groups is 2. The summed E-state index contributed by atoms with van der Waals surface area (Å²) in [4.78, 5) is 9.64. The summed E-state index contributed by atoms with van der Waals surface area (Å²) in [6.45, 7) is 0. The van der Waals surface area contributed by atoms with Crippen molar-refractivity contribution in [1.82, 2.24) is 0 Å². The van der Waals surface area contributed by atoms with Gasteiger partial charge in [-0.15, -0.1) is 0 Å². The number of rotatable bonds is 0. The molecule has 0 saturated heterocycles. The molecule has 2 N–H and O–H groups in total. The summed E-state index contributed by atoms with van der Waals surface area (Å²) in [5.74, 6) is -0.981. The highest BCUT2D eigenvalue weighted by Crippen LogP contribution is 2.23. The maximum absolute atomic E-state index is 9.64. The van der Waals surface area contributed by atoms with Gasteiger partial charge in [-0.1, -0.05) is 0 Å². The van der Waals surface area contributed by atoms with E-state index in [1.807, 2.05) is 0 Å². The summed E-state index contributed by atoms with van der Waals surface area (Å²) in [6.07, 6.45) is 0. The topological polar surface area (TPSA) is 57.5 Å². The average Bonchev–Trinajstić information content (AvgIpc) is 1.94. The number of hydrogen-bond acceptors (Lipinski definition) is 3. The zero-order valence-corrected chi connectivity index (χ0v) is 2.80. The quantitative estimate of drug-likeness (QED) is 0.440. The summed E-state index contributed by atoms with van der Waals surface area (Å²) in [5.41, 5.74) is -0.630. The average molecular weight is 86.0 g/mol. The molecule has 0 amide bonds. The van der Waals surface area contributed by atoms with Crippen molar-refractivity contribution in [3.8, 4) is 11.5 Å². The van der Waals surface area contributed by atoms with E-state index in [-0.39, 0.29) is 0 Å². The van der Waals surface area contributed by atoms with E-state index in [9.17, 15) is 4.79 Å². The Hall–Kier alpha value is -0.990. The lowest BCUT2D eigenvalue weighted by Crippen LogP contribution is -1.67. The molecule has 0 aliphatic carbocycles. The summed E-state index contributed by atoms with van der Waals surface area (Å²) in [5, 5.41) is 16.0. The van der Waals surface area contributed by atoms with E-state index in [1.165, 1.54) is 0 Å². The van der Waals surface area contributed by atoms with Crippen LogP contribution in [0.25, 0.3) is 0 Å². The van der Waals surface area contributed by atoms with Crippen LogP contribution in [0, 0.1) is 0 Å². The maximum Gasteiger partial charge on any atom is 0.269 e. The van der Waals surface area contributed by atoms with Crippen molar-refractivity contribution < 1.29 is 10.2 Å². The van der Waals surface area contributed by atoms with Crippen molar-refractivity contribution in [3.05, 3.63) is 10.2 Å². The van der Waals surface area contributed by atoms with Gasteiger partial charge in [-0.05, 0) is 0 Å². The van der Waals surface area contributed by atoms with Gasteiger partial charge in [-0.3, -0.25) is 4.79 Å². The first-order valence-corrected chi connectivity index (χ1v) is 1.40. The first-order chi connectivity index (χ1) is 2.73. The molecule has 0 aromatic heterocycles. The third-order valence-electron chi connectivity index (χ3n) is 0.592. The lowest BCUT2D eigenvalue weighted by molar-refractivity contribution is 0.439. The van der Waals surface area contributed by atoms with Crippen LogP contribution < -0.4 is 5.43 Å². The molecule has 3 heteroatoms. The summed E-state index contributed by atoms with van der Waals surface area (Å²) >= 11 is 0. The SMILES string of the molecule is O=c1c(O)c1O. The highest BCUT2D eigenvalue weighted by molar-refractivity contribution is 5.50. The van der Waals surface area contributed by atoms with Crippen molar-refractivity contribution in [2.75, 3.05) is 0 Å². The zero-order chi connectivity index (χ0) is 4.73. The van der Waals surface area contributed by atoms with Crippen LogP contribution in [0.2, 0.25) is 0 Å². The van der Waals surface area contributed by atoms with E-state index in [0.717, 1.165) is 0 Å². The Morgan fingerprint density at radius 1 is 1.17 bits per heavy atom. The summed E-state index contributed by atoms with van der Waals surface area (Å²) in [6, 6.07) is 0. The largest absolute Gasteiger partial charge is 0.501 e. The smallest absolute Gasteiger partial charge is 0.269 e. The minimum absolute atomic E-state index is 0.491. The van der Waals surface area contributed by atoms with E-state index in [4.69, 9.17) is 10.2 Å². The van der Waals surface area contributed by atoms with Crippen molar-refractivity contribution in [1.29, 1.82) is 0 Å². The molecule has 0 radical (unpaired) electrons. The molecule has 0 aliphatic heterocycles. The Morgan fingerprint density at radius 2 is 1.33 bits per heavy atom. The molecule has 0 unspecified atom stereocenters. The molecule has 1 aromatic rings. The summed E-state index contributed by atoms with van der Waals surface area (Å²) < 4.78 is 0. The van der Waals surface area contributed by atoms with Crippen molar-refractivity contribution in [3.63, 3.8) is 0 Å². The molecule has 0 fully saturated rings. The Morgan fingerprint density at radius 3 is 1.33 bits per heavy atom. The Labute approximate surface area is 33.1 Å². The molecule has 1 aromatic carbocycles. The van der Waals surface area contributed by atoms with E-state index in [0.29, 0.717) is 0 Å². The van der Waals surface area contributed by atoms with Crippen LogP contribution in [0.4, 0.5) is 0 Å². The fourth-order valence-corrected chi connectivity index (χ4v) is 0.152. The fraction of sp³-hybridized carbons (Fsp3) is 0. The van der Waals surface area contributed by atoms with Gasteiger partial charge < -0.3 is 10.2 Å². The van der Waals surface area contributed by atoms with Crippen LogP contribution >= 0.6 is 0 Å². The lowest BCUT2D eigenvalue weighted by atomic mass is 11.0. The first-order valence-electron chi connectivity index (χ1n) is 1.40. The molecule has 0 atom stereocenters. The van der Waals surface area contributed by atoms with Gasteiger partial charge in [0.05, 0.1) is 0 Å². The Bertz CT molecular complexity index is 152. The minimum atomic E-state index is -0.630. The minimum Gasteiger partial charge on any atom is -0.501 e. The van der Waals surface area contributed by atoms with E-state index >= 15 is 0 Å². The zero-order valence-electron chi connectivity index (χ0n) is 2.80. The van der Waals surface area contributed by atoms with Crippen LogP contribution in [0.3, 0.4) is 0 Å². The molecular weight excluding hydrogens is 84.0 g/mol. The third-order valence-corrected chi connectivity index (χ3v) is 0.592. The van der Waals surface area contributed by atoms with Crippen LogP contribution in [-0.4, -0.2) is 10.2 Å². The molecule has 1 rings (SSSR count). The number of hydrogen-bond donors (Lipinski definition) is 2. The van der Waals surface area contributed by atoms with E-state index in [1.54, 1.807) is 0 Å². The van der Waals surface area contributed by atoms with Crippen LogP contribution in [0.5, 0.6) is 11.5 Å². The maximum atomic E-state index is 9.64. The highest BCUT2D eigenvalue weighted by Gasteiger charge is 2.18. The second kappa shape index (κ2) is 0.566. The van der Waals surface area contributed by atoms with Gasteiger partial charge in [0.15, 0.2) is 0 Å². The molecule has 32 valence electrons. The van der Waals surface area contributed by atoms with Gasteiger partial charge in [-0.2, -0.15) is 0 Å². The van der Waals surface area contributed by atoms with Crippen LogP contribution in [-0.2, 0) is 0 Å². The Balaban J connectivity index is 3.11. The molecular formula is C3H2O3. The van der Waals surface area contributed by atoms with Gasteiger partial charge >= 0.3 is 0 Å². The van der Waals surface area contributed by atoms with Gasteiger partial charge in [0.1, 0.15) is 0 Å². The summed E-state index contributed by atoms with van der Waals surface area (Å²) in [7, 11) is 0. The van der Waals surface area contributed by atoms with Crippen molar-refractivity contribution in [2.45, 2.75) is 0 Å². The van der Waals surface area contributed by atoms with Crippen molar-refractivity contribution >= 4 is 0 Å². The molecule has 0 heterocycles. The monoisotopic (exact) mass is 86.0 g/mol. The van der Waals surface area contributed by atoms with Gasteiger partial charge in [0.2, 0.25) is 11.5 Å². The highest BCUT2D eigenvalue weighted by atomic mass is 16.3. The second-order valence-electron chi connectivity index (χ2n) is 1.03. The van der Waals surface area contributed by atoms with E-state index < -0.39 is 16.9 Å². The van der Waals surface area contributed by atoms with Gasteiger partial charge in [0, 0.05) is 0 Å². The molecule has 0 bridgehead atoms. The Kier molecular flexibility index (Phi) is 0.303. The molecule has 3 nitrogen and oxygen atoms in total. The predicted molar refractivity (Wildman–Crippen MR) is 18.4 cm³/mol. The third kappa shape index (κ3) is 0.150. The normalized spacial score (nSPS) is 10.0. The lowest BCUT2D eigenvalue weighted by Gasteiger charge is -1.55. The van der Waals surface area contributed by atoms with Gasteiger partial charge in [-0.25, -0.2) is 0 Å². The van der Waals surface area contributed by atoms with E-state index in [2.05, 4.69) is 0 Å². The second-order valence-corrected chi connectivity index (χ2v) is 1.03. The van der Waals surface area contributed by atoms with Crippen LogP contribution in [0.15, 0.2) is 4.79 Å².